The molecular formula is C32H31N3O3. The Labute approximate surface area is 223 Å². The lowest BCUT2D eigenvalue weighted by Crippen LogP contribution is -2.47. The standard InChI is InChI=1S/C32H31N3O3/c1-22-7-5-8-24(19-22)32-29-11-6-18-33(29)27-9-3-4-10-28(27)35(32)31(37)21-34(25-14-15-25)30(36)20-23-12-16-26(38-2)17-13-23/h3-13,16-19,25,32H,14-15,20-21H2,1-2H3. The number of benzene rings is 3. The highest BCUT2D eigenvalue weighted by molar-refractivity contribution is 6.00. The van der Waals surface area contributed by atoms with Gasteiger partial charge in [-0.25, -0.2) is 0 Å². The van der Waals surface area contributed by atoms with Crippen LogP contribution in [0.2, 0.25) is 0 Å². The third kappa shape index (κ3) is 4.47. The van der Waals surface area contributed by atoms with Crippen LogP contribution in [0.1, 0.15) is 41.3 Å². The van der Waals surface area contributed by atoms with Crippen LogP contribution in [0.25, 0.3) is 5.69 Å². The summed E-state index contributed by atoms with van der Waals surface area (Å²) in [5.74, 6) is 0.657. The molecule has 6 rings (SSSR count). The Balaban J connectivity index is 1.34. The normalized spacial score (nSPS) is 15.9. The Kier molecular flexibility index (Phi) is 6.24. The number of fused-ring (bicyclic) bond motifs is 3. The molecule has 0 radical (unpaired) electrons. The Morgan fingerprint density at radius 1 is 0.921 bits per heavy atom. The molecule has 192 valence electrons. The third-order valence-corrected chi connectivity index (χ3v) is 7.47. The topological polar surface area (TPSA) is 54.8 Å². The summed E-state index contributed by atoms with van der Waals surface area (Å²) in [6.45, 7) is 2.12. The zero-order valence-corrected chi connectivity index (χ0v) is 21.7. The number of nitrogens with zero attached hydrogens (tertiary/aromatic N) is 3. The molecule has 0 bridgehead atoms. The summed E-state index contributed by atoms with van der Waals surface area (Å²) in [7, 11) is 1.63. The van der Waals surface area contributed by atoms with Gasteiger partial charge in [0.2, 0.25) is 11.8 Å². The van der Waals surface area contributed by atoms with Crippen molar-refractivity contribution < 1.29 is 14.3 Å². The van der Waals surface area contributed by atoms with Crippen molar-refractivity contribution in [1.82, 2.24) is 9.47 Å². The van der Waals surface area contributed by atoms with Gasteiger partial charge in [0.1, 0.15) is 18.3 Å². The van der Waals surface area contributed by atoms with E-state index >= 15 is 0 Å². The molecule has 1 aliphatic heterocycles. The van der Waals surface area contributed by atoms with Gasteiger partial charge in [-0.15, -0.1) is 0 Å². The first-order chi connectivity index (χ1) is 18.5. The predicted molar refractivity (Wildman–Crippen MR) is 148 cm³/mol. The molecule has 0 N–H and O–H groups in total. The van der Waals surface area contributed by atoms with Crippen molar-refractivity contribution in [2.75, 3.05) is 18.6 Å². The molecule has 1 aromatic heterocycles. The highest BCUT2D eigenvalue weighted by atomic mass is 16.5. The second-order valence-electron chi connectivity index (χ2n) is 10.1. The number of ether oxygens (including phenoxy) is 1. The van der Waals surface area contributed by atoms with Crippen molar-refractivity contribution in [1.29, 1.82) is 0 Å². The largest absolute Gasteiger partial charge is 0.497 e. The lowest BCUT2D eigenvalue weighted by Gasteiger charge is -2.39. The number of methoxy groups -OCH3 is 1. The lowest BCUT2D eigenvalue weighted by molar-refractivity contribution is -0.135. The van der Waals surface area contributed by atoms with Gasteiger partial charge in [-0.3, -0.25) is 14.5 Å². The second kappa shape index (κ2) is 9.86. The summed E-state index contributed by atoms with van der Waals surface area (Å²) < 4.78 is 7.41. The van der Waals surface area contributed by atoms with Crippen LogP contribution >= 0.6 is 0 Å². The maximum absolute atomic E-state index is 14.3. The van der Waals surface area contributed by atoms with Crippen molar-refractivity contribution in [3.8, 4) is 11.4 Å². The molecular weight excluding hydrogens is 474 g/mol. The molecule has 1 fully saturated rings. The number of aromatic nitrogens is 1. The first-order valence-electron chi connectivity index (χ1n) is 13.1. The molecule has 38 heavy (non-hydrogen) atoms. The van der Waals surface area contributed by atoms with Gasteiger partial charge in [-0.1, -0.05) is 54.1 Å². The van der Waals surface area contributed by atoms with Gasteiger partial charge in [0.05, 0.1) is 30.6 Å². The SMILES string of the molecule is COc1ccc(CC(=O)N(CC(=O)N2c3ccccc3-n3cccc3C2c2cccc(C)c2)C2CC2)cc1. The van der Waals surface area contributed by atoms with Gasteiger partial charge in [-0.05, 0) is 67.3 Å². The summed E-state index contributed by atoms with van der Waals surface area (Å²) in [5, 5.41) is 0. The Morgan fingerprint density at radius 3 is 2.39 bits per heavy atom. The predicted octanol–water partition coefficient (Wildman–Crippen LogP) is 5.46. The Morgan fingerprint density at radius 2 is 1.68 bits per heavy atom. The number of carbonyl (C=O) groups excluding carboxylic acids is 2. The van der Waals surface area contributed by atoms with Gasteiger partial charge in [0.15, 0.2) is 0 Å². The quantitative estimate of drug-likeness (QED) is 0.335. The van der Waals surface area contributed by atoms with Crippen LogP contribution in [0.3, 0.4) is 0 Å². The molecule has 1 atom stereocenters. The van der Waals surface area contributed by atoms with E-state index in [-0.39, 0.29) is 36.9 Å². The molecule has 3 aromatic carbocycles. The van der Waals surface area contributed by atoms with E-state index in [1.165, 1.54) is 0 Å². The zero-order valence-electron chi connectivity index (χ0n) is 21.7. The van der Waals surface area contributed by atoms with Gasteiger partial charge in [0.25, 0.3) is 0 Å². The average molecular weight is 506 g/mol. The van der Waals surface area contributed by atoms with E-state index in [1.54, 1.807) is 12.0 Å². The fraction of sp³-hybridized carbons (Fsp3) is 0.250. The average Bonchev–Trinajstić information content (AvgIpc) is 3.66. The third-order valence-electron chi connectivity index (χ3n) is 7.47. The van der Waals surface area contributed by atoms with Crippen molar-refractivity contribution in [3.63, 3.8) is 0 Å². The minimum absolute atomic E-state index is 0.0215. The van der Waals surface area contributed by atoms with Gasteiger partial charge in [-0.2, -0.15) is 0 Å². The van der Waals surface area contributed by atoms with E-state index < -0.39 is 0 Å². The fourth-order valence-electron chi connectivity index (χ4n) is 5.47. The Hall–Kier alpha value is -4.32. The molecule has 1 unspecified atom stereocenters. The summed E-state index contributed by atoms with van der Waals surface area (Å²) in [4.78, 5) is 31.4. The number of aryl methyl sites for hydroxylation is 1. The molecule has 0 spiro atoms. The fourth-order valence-corrected chi connectivity index (χ4v) is 5.47. The molecule has 1 saturated carbocycles. The highest BCUT2D eigenvalue weighted by Gasteiger charge is 2.39. The van der Waals surface area contributed by atoms with Gasteiger partial charge < -0.3 is 14.2 Å². The van der Waals surface area contributed by atoms with Crippen molar-refractivity contribution >= 4 is 17.5 Å². The van der Waals surface area contributed by atoms with Crippen molar-refractivity contribution in [2.45, 2.75) is 38.3 Å². The lowest BCUT2D eigenvalue weighted by atomic mass is 9.96. The summed E-state index contributed by atoms with van der Waals surface area (Å²) in [6.07, 6.45) is 4.17. The monoisotopic (exact) mass is 505 g/mol. The van der Waals surface area contributed by atoms with E-state index in [4.69, 9.17) is 4.74 Å². The van der Waals surface area contributed by atoms with Gasteiger partial charge >= 0.3 is 0 Å². The minimum atomic E-state index is -0.287. The molecule has 4 aromatic rings. The van der Waals surface area contributed by atoms with E-state index in [0.29, 0.717) is 0 Å². The highest BCUT2D eigenvalue weighted by Crippen LogP contribution is 2.42. The maximum atomic E-state index is 14.3. The zero-order chi connectivity index (χ0) is 26.2. The van der Waals surface area contributed by atoms with Crippen LogP contribution in [-0.2, 0) is 16.0 Å². The number of rotatable bonds is 7. The Bertz CT molecular complexity index is 1490. The second-order valence-corrected chi connectivity index (χ2v) is 10.1. The van der Waals surface area contributed by atoms with Crippen LogP contribution in [0, 0.1) is 6.92 Å². The molecule has 2 amide bonds. The number of hydrogen-bond acceptors (Lipinski definition) is 3. The molecule has 6 heteroatoms. The smallest absolute Gasteiger partial charge is 0.247 e. The summed E-state index contributed by atoms with van der Waals surface area (Å²) >= 11 is 0. The van der Waals surface area contributed by atoms with Crippen LogP contribution < -0.4 is 9.64 Å². The number of para-hydroxylation sites is 2. The van der Waals surface area contributed by atoms with Crippen LogP contribution in [0.4, 0.5) is 5.69 Å². The van der Waals surface area contributed by atoms with Crippen LogP contribution in [-0.4, -0.2) is 41.0 Å². The maximum Gasteiger partial charge on any atom is 0.247 e. The van der Waals surface area contributed by atoms with E-state index in [0.717, 1.165) is 52.4 Å². The number of hydrogen-bond donors (Lipinski definition) is 0. The summed E-state index contributed by atoms with van der Waals surface area (Å²) in [6, 6.07) is 27.8. The summed E-state index contributed by atoms with van der Waals surface area (Å²) in [5.41, 5.74) is 5.95. The van der Waals surface area contributed by atoms with Gasteiger partial charge in [0, 0.05) is 12.2 Å². The van der Waals surface area contributed by atoms with E-state index in [2.05, 4.69) is 35.8 Å². The molecule has 2 heterocycles. The van der Waals surface area contributed by atoms with Crippen LogP contribution in [0.15, 0.2) is 91.1 Å². The number of amides is 2. The minimum Gasteiger partial charge on any atom is -0.497 e. The molecule has 1 aliphatic carbocycles. The molecule has 2 aliphatic rings. The molecule has 0 saturated heterocycles. The van der Waals surface area contributed by atoms with Crippen molar-refractivity contribution in [3.05, 3.63) is 114 Å². The van der Waals surface area contributed by atoms with E-state index in [1.807, 2.05) is 71.8 Å². The number of carbonyl (C=O) groups is 2. The molecule has 6 nitrogen and oxygen atoms in total. The van der Waals surface area contributed by atoms with Crippen molar-refractivity contribution in [2.24, 2.45) is 0 Å². The first-order valence-corrected chi connectivity index (χ1v) is 13.1. The van der Waals surface area contributed by atoms with E-state index in [9.17, 15) is 9.59 Å². The number of anilines is 1. The van der Waals surface area contributed by atoms with Crippen LogP contribution in [0.5, 0.6) is 5.75 Å². The first kappa shape index (κ1) is 24.0.